The Morgan fingerprint density at radius 1 is 1.29 bits per heavy atom. The van der Waals surface area contributed by atoms with E-state index in [1.54, 1.807) is 5.57 Å². The summed E-state index contributed by atoms with van der Waals surface area (Å²) in [7, 11) is 0. The fourth-order valence-corrected chi connectivity index (χ4v) is 2.50. The normalized spacial score (nSPS) is 34.3. The molecule has 0 heterocycles. The van der Waals surface area contributed by atoms with Crippen LogP contribution in [0.5, 0.6) is 0 Å². The van der Waals surface area contributed by atoms with Crippen molar-refractivity contribution in [2.45, 2.75) is 51.0 Å². The van der Waals surface area contributed by atoms with E-state index in [-0.39, 0.29) is 5.54 Å². The van der Waals surface area contributed by atoms with Crippen LogP contribution in [0.3, 0.4) is 0 Å². The van der Waals surface area contributed by atoms with Crippen molar-refractivity contribution in [3.63, 3.8) is 0 Å². The molecule has 0 aromatic rings. The molecule has 2 N–H and O–H groups in total. The van der Waals surface area contributed by atoms with Crippen LogP contribution in [0.2, 0.25) is 0 Å². The molecule has 0 spiro atoms. The zero-order valence-electron chi connectivity index (χ0n) is 9.13. The summed E-state index contributed by atoms with van der Waals surface area (Å²) >= 11 is 0. The minimum Gasteiger partial charge on any atom is -0.322 e. The van der Waals surface area contributed by atoms with Crippen molar-refractivity contribution >= 4 is 0 Å². The van der Waals surface area contributed by atoms with Gasteiger partial charge in [0.25, 0.3) is 0 Å². The largest absolute Gasteiger partial charge is 0.322 e. The van der Waals surface area contributed by atoms with Gasteiger partial charge in [0.15, 0.2) is 0 Å². The zero-order valence-corrected chi connectivity index (χ0v) is 9.13. The fraction of sp³-hybridized carbons (Fsp3) is 0.692. The molecule has 0 radical (unpaired) electrons. The molecule has 0 aromatic heterocycles. The van der Waals surface area contributed by atoms with Crippen molar-refractivity contribution in [2.75, 3.05) is 0 Å². The van der Waals surface area contributed by atoms with Crippen LogP contribution in [0.1, 0.15) is 45.4 Å². The van der Waals surface area contributed by atoms with Crippen LogP contribution in [-0.4, -0.2) is 5.54 Å². The molecule has 0 saturated heterocycles. The van der Waals surface area contributed by atoms with Crippen molar-refractivity contribution in [1.29, 1.82) is 0 Å². The van der Waals surface area contributed by atoms with E-state index in [4.69, 9.17) is 5.73 Å². The van der Waals surface area contributed by atoms with Gasteiger partial charge in [0.05, 0.1) is 0 Å². The monoisotopic (exact) mass is 191 g/mol. The second-order valence-corrected chi connectivity index (χ2v) is 5.08. The average molecular weight is 191 g/mol. The van der Waals surface area contributed by atoms with E-state index in [1.807, 2.05) is 0 Å². The van der Waals surface area contributed by atoms with E-state index in [1.165, 1.54) is 32.1 Å². The summed E-state index contributed by atoms with van der Waals surface area (Å²) in [6, 6.07) is 0. The van der Waals surface area contributed by atoms with E-state index in [0.29, 0.717) is 0 Å². The molecule has 14 heavy (non-hydrogen) atoms. The van der Waals surface area contributed by atoms with Crippen LogP contribution in [0.15, 0.2) is 23.8 Å². The van der Waals surface area contributed by atoms with E-state index >= 15 is 0 Å². The van der Waals surface area contributed by atoms with Gasteiger partial charge in [0.1, 0.15) is 0 Å². The molecule has 1 fully saturated rings. The predicted octanol–water partition coefficient (Wildman–Crippen LogP) is 3.17. The predicted molar refractivity (Wildman–Crippen MR) is 61.0 cm³/mol. The number of hydrogen-bond acceptors (Lipinski definition) is 1. The van der Waals surface area contributed by atoms with Gasteiger partial charge >= 0.3 is 0 Å². The lowest BCUT2D eigenvalue weighted by Gasteiger charge is -2.28. The van der Waals surface area contributed by atoms with Gasteiger partial charge in [-0.1, -0.05) is 37.5 Å². The summed E-state index contributed by atoms with van der Waals surface area (Å²) in [6.45, 7) is 2.09. The van der Waals surface area contributed by atoms with Gasteiger partial charge in [-0.25, -0.2) is 0 Å². The molecular formula is C13H21N. The lowest BCUT2D eigenvalue weighted by Crippen LogP contribution is -2.34. The molecule has 0 amide bonds. The second-order valence-electron chi connectivity index (χ2n) is 5.08. The Bertz CT molecular complexity index is 254. The van der Waals surface area contributed by atoms with Gasteiger partial charge in [0.2, 0.25) is 0 Å². The van der Waals surface area contributed by atoms with Crippen LogP contribution in [-0.2, 0) is 0 Å². The Morgan fingerprint density at radius 2 is 2.00 bits per heavy atom. The van der Waals surface area contributed by atoms with Crippen LogP contribution in [0, 0.1) is 5.92 Å². The van der Waals surface area contributed by atoms with Crippen molar-refractivity contribution in [3.8, 4) is 0 Å². The third kappa shape index (κ3) is 2.27. The van der Waals surface area contributed by atoms with Gasteiger partial charge < -0.3 is 5.73 Å². The summed E-state index contributed by atoms with van der Waals surface area (Å²) in [6.07, 6.45) is 14.8. The van der Waals surface area contributed by atoms with Crippen molar-refractivity contribution < 1.29 is 0 Å². The maximum Gasteiger partial charge on any atom is 0.0348 e. The summed E-state index contributed by atoms with van der Waals surface area (Å²) in [5, 5.41) is 0. The summed E-state index contributed by atoms with van der Waals surface area (Å²) < 4.78 is 0. The fourth-order valence-electron chi connectivity index (χ4n) is 2.50. The van der Waals surface area contributed by atoms with Crippen molar-refractivity contribution in [3.05, 3.63) is 23.8 Å². The molecule has 0 aromatic carbocycles. The molecule has 2 aliphatic rings. The first-order chi connectivity index (χ1) is 6.67. The number of allylic oxidation sites excluding steroid dienone is 2. The smallest absolute Gasteiger partial charge is 0.0348 e. The van der Waals surface area contributed by atoms with Gasteiger partial charge in [0, 0.05) is 5.54 Å². The molecule has 1 nitrogen and oxygen atoms in total. The second kappa shape index (κ2) is 3.90. The lowest BCUT2D eigenvalue weighted by molar-refractivity contribution is 0.404. The molecule has 2 rings (SSSR count). The first-order valence-electron chi connectivity index (χ1n) is 5.86. The Balaban J connectivity index is 1.99. The topological polar surface area (TPSA) is 26.0 Å². The van der Waals surface area contributed by atoms with E-state index < -0.39 is 0 Å². The molecule has 1 unspecified atom stereocenters. The van der Waals surface area contributed by atoms with Crippen LogP contribution >= 0.6 is 0 Å². The van der Waals surface area contributed by atoms with Crippen molar-refractivity contribution in [2.24, 2.45) is 11.7 Å². The molecule has 1 atom stereocenters. The minimum atomic E-state index is -0.0990. The highest BCUT2D eigenvalue weighted by molar-refractivity contribution is 5.30. The van der Waals surface area contributed by atoms with Crippen molar-refractivity contribution in [1.82, 2.24) is 0 Å². The molecule has 1 heteroatoms. The maximum atomic E-state index is 6.04. The highest BCUT2D eigenvalue weighted by Gasteiger charge is 2.21. The Labute approximate surface area is 87.1 Å². The molecule has 1 saturated carbocycles. The summed E-state index contributed by atoms with van der Waals surface area (Å²) in [4.78, 5) is 0. The Hall–Kier alpha value is -0.560. The van der Waals surface area contributed by atoms with Gasteiger partial charge in [-0.05, 0) is 37.7 Å². The van der Waals surface area contributed by atoms with Crippen LogP contribution in [0.4, 0.5) is 0 Å². The zero-order chi connectivity index (χ0) is 10.0. The SMILES string of the molecule is CC1(N)C=CC(C2CCCCC2)=CC1. The lowest BCUT2D eigenvalue weighted by atomic mass is 9.79. The number of rotatable bonds is 1. The molecular weight excluding hydrogens is 170 g/mol. The first-order valence-corrected chi connectivity index (χ1v) is 5.86. The van der Waals surface area contributed by atoms with Crippen LogP contribution < -0.4 is 5.73 Å². The Kier molecular flexibility index (Phi) is 2.78. The molecule has 78 valence electrons. The minimum absolute atomic E-state index is 0.0990. The van der Waals surface area contributed by atoms with Gasteiger partial charge in [-0.2, -0.15) is 0 Å². The molecule has 2 aliphatic carbocycles. The number of nitrogens with two attached hydrogens (primary N) is 1. The standard InChI is InChI=1S/C13H21N/c1-13(14)9-7-12(8-10-13)11-5-3-2-4-6-11/h7-9,11H,2-6,10,14H2,1H3. The van der Waals surface area contributed by atoms with E-state index in [2.05, 4.69) is 25.2 Å². The molecule has 0 bridgehead atoms. The van der Waals surface area contributed by atoms with E-state index in [0.717, 1.165) is 12.3 Å². The highest BCUT2D eigenvalue weighted by atomic mass is 14.7. The van der Waals surface area contributed by atoms with Crippen LogP contribution in [0.25, 0.3) is 0 Å². The van der Waals surface area contributed by atoms with Gasteiger partial charge in [-0.15, -0.1) is 0 Å². The first kappa shape index (κ1) is 9.97. The quantitative estimate of drug-likeness (QED) is 0.677. The summed E-state index contributed by atoms with van der Waals surface area (Å²) in [5.74, 6) is 0.830. The average Bonchev–Trinajstić information content (AvgIpc) is 2.19. The maximum absolute atomic E-state index is 6.04. The molecule has 0 aliphatic heterocycles. The summed E-state index contributed by atoms with van der Waals surface area (Å²) in [5.41, 5.74) is 7.49. The third-order valence-electron chi connectivity index (χ3n) is 3.51. The third-order valence-corrected chi connectivity index (χ3v) is 3.51. The van der Waals surface area contributed by atoms with Gasteiger partial charge in [-0.3, -0.25) is 0 Å². The Morgan fingerprint density at radius 3 is 2.57 bits per heavy atom. The highest BCUT2D eigenvalue weighted by Crippen LogP contribution is 2.33. The van der Waals surface area contributed by atoms with E-state index in [9.17, 15) is 0 Å². The number of hydrogen-bond donors (Lipinski definition) is 1.